The van der Waals surface area contributed by atoms with Crippen molar-refractivity contribution in [3.05, 3.63) is 29.8 Å². The number of hydrogen-bond acceptors (Lipinski definition) is 4. The maximum Gasteiger partial charge on any atom is 0.163 e. The lowest BCUT2D eigenvalue weighted by atomic mass is 10.0. The molecule has 1 saturated heterocycles. The molecule has 5 heteroatoms. The zero-order chi connectivity index (χ0) is 16.3. The van der Waals surface area contributed by atoms with Gasteiger partial charge in [-0.05, 0) is 39.8 Å². The van der Waals surface area contributed by atoms with Crippen molar-refractivity contribution >= 4 is 16.6 Å². The number of rotatable bonds is 5. The molecule has 3 atom stereocenters. The van der Waals surface area contributed by atoms with Crippen LogP contribution in [0.1, 0.15) is 39.2 Å². The monoisotopic (exact) mass is 324 g/mol. The standard InChI is InChI=1S/C17H24O4S/c1-12-5-7-16(8-6-12)22(19)11-15-10-14(9-13(2)18)20-17(3,4)21-15/h5-8,14-15H,9-11H2,1-4H3/t14-,15+,22?/m0/s1. The van der Waals surface area contributed by atoms with E-state index in [9.17, 15) is 9.00 Å². The van der Waals surface area contributed by atoms with E-state index in [-0.39, 0.29) is 18.0 Å². The van der Waals surface area contributed by atoms with Gasteiger partial charge in [0.2, 0.25) is 0 Å². The Kier molecular flexibility index (Phi) is 5.53. The molecule has 1 fully saturated rings. The van der Waals surface area contributed by atoms with Crippen molar-refractivity contribution in [3.8, 4) is 0 Å². The topological polar surface area (TPSA) is 52.6 Å². The summed E-state index contributed by atoms with van der Waals surface area (Å²) in [5.74, 6) is -0.230. The molecule has 1 aliphatic heterocycles. The van der Waals surface area contributed by atoms with Crippen LogP contribution in [0.25, 0.3) is 0 Å². The second-order valence-corrected chi connectivity index (χ2v) is 7.84. The molecule has 4 nitrogen and oxygen atoms in total. The Morgan fingerprint density at radius 3 is 2.41 bits per heavy atom. The highest BCUT2D eigenvalue weighted by Gasteiger charge is 2.36. The van der Waals surface area contributed by atoms with E-state index in [1.54, 1.807) is 6.92 Å². The van der Waals surface area contributed by atoms with Gasteiger partial charge in [-0.3, -0.25) is 9.00 Å². The Balaban J connectivity index is 2.02. The average molecular weight is 324 g/mol. The maximum atomic E-state index is 12.5. The van der Waals surface area contributed by atoms with Gasteiger partial charge in [-0.2, -0.15) is 0 Å². The molecular formula is C17H24O4S. The third-order valence-corrected chi connectivity index (χ3v) is 5.04. The van der Waals surface area contributed by atoms with Gasteiger partial charge in [0.25, 0.3) is 0 Å². The van der Waals surface area contributed by atoms with Gasteiger partial charge in [0.1, 0.15) is 5.78 Å². The first-order valence-corrected chi connectivity index (χ1v) is 8.87. The van der Waals surface area contributed by atoms with Crippen LogP contribution in [0.3, 0.4) is 0 Å². The van der Waals surface area contributed by atoms with Crippen LogP contribution >= 0.6 is 0 Å². The lowest BCUT2D eigenvalue weighted by Crippen LogP contribution is -2.46. The van der Waals surface area contributed by atoms with E-state index in [2.05, 4.69) is 0 Å². The number of carbonyl (C=O) groups is 1. The lowest BCUT2D eigenvalue weighted by molar-refractivity contribution is -0.294. The fraction of sp³-hybridized carbons (Fsp3) is 0.588. The highest BCUT2D eigenvalue weighted by Crippen LogP contribution is 2.29. The molecule has 0 aliphatic carbocycles. The first-order chi connectivity index (χ1) is 10.2. The van der Waals surface area contributed by atoms with Crippen molar-refractivity contribution in [2.45, 2.75) is 63.4 Å². The van der Waals surface area contributed by atoms with Gasteiger partial charge in [-0.1, -0.05) is 17.7 Å². The molecular weight excluding hydrogens is 300 g/mol. The summed E-state index contributed by atoms with van der Waals surface area (Å²) in [4.78, 5) is 12.1. The molecule has 0 amide bonds. The summed E-state index contributed by atoms with van der Waals surface area (Å²) in [6, 6.07) is 7.70. The van der Waals surface area contributed by atoms with Gasteiger partial charge in [0, 0.05) is 17.7 Å². The molecule has 0 bridgehead atoms. The minimum Gasteiger partial charge on any atom is -0.347 e. The fourth-order valence-electron chi connectivity index (χ4n) is 2.72. The van der Waals surface area contributed by atoms with Crippen molar-refractivity contribution in [2.75, 3.05) is 5.75 Å². The average Bonchev–Trinajstić information content (AvgIpc) is 2.36. The number of ether oxygens (including phenoxy) is 2. The number of hydrogen-bond donors (Lipinski definition) is 0. The molecule has 1 unspecified atom stereocenters. The van der Waals surface area contributed by atoms with Gasteiger partial charge >= 0.3 is 0 Å². The van der Waals surface area contributed by atoms with Crippen LogP contribution in [0, 0.1) is 6.92 Å². The predicted octanol–water partition coefficient (Wildman–Crippen LogP) is 2.99. The Morgan fingerprint density at radius 1 is 1.23 bits per heavy atom. The molecule has 1 aliphatic rings. The first-order valence-electron chi connectivity index (χ1n) is 7.55. The van der Waals surface area contributed by atoms with E-state index in [0.29, 0.717) is 18.6 Å². The second kappa shape index (κ2) is 7.02. The van der Waals surface area contributed by atoms with Crippen molar-refractivity contribution in [1.82, 2.24) is 0 Å². The van der Waals surface area contributed by atoms with Crippen LogP contribution in [-0.2, 0) is 25.1 Å². The molecule has 0 saturated carbocycles. The van der Waals surface area contributed by atoms with Crippen LogP contribution in [0.15, 0.2) is 29.2 Å². The normalized spacial score (nSPS) is 25.6. The van der Waals surface area contributed by atoms with E-state index in [0.717, 1.165) is 10.5 Å². The molecule has 122 valence electrons. The van der Waals surface area contributed by atoms with Gasteiger partial charge in [0.05, 0.1) is 28.8 Å². The van der Waals surface area contributed by atoms with Gasteiger partial charge in [-0.15, -0.1) is 0 Å². The highest BCUT2D eigenvalue weighted by molar-refractivity contribution is 7.85. The molecule has 22 heavy (non-hydrogen) atoms. The highest BCUT2D eigenvalue weighted by atomic mass is 32.2. The third kappa shape index (κ3) is 5.00. The Labute approximate surface area is 134 Å². The quantitative estimate of drug-likeness (QED) is 0.835. The van der Waals surface area contributed by atoms with Crippen molar-refractivity contribution in [2.24, 2.45) is 0 Å². The largest absolute Gasteiger partial charge is 0.347 e. The zero-order valence-corrected chi connectivity index (χ0v) is 14.4. The second-order valence-electron chi connectivity index (χ2n) is 6.35. The summed E-state index contributed by atoms with van der Waals surface area (Å²) in [5, 5.41) is 0. The van der Waals surface area contributed by atoms with E-state index < -0.39 is 16.6 Å². The van der Waals surface area contributed by atoms with E-state index in [1.165, 1.54) is 0 Å². The van der Waals surface area contributed by atoms with Gasteiger partial charge in [-0.25, -0.2) is 0 Å². The van der Waals surface area contributed by atoms with Crippen LogP contribution < -0.4 is 0 Å². The third-order valence-electron chi connectivity index (χ3n) is 3.56. The number of aryl methyl sites for hydroxylation is 1. The van der Waals surface area contributed by atoms with Gasteiger partial charge in [0.15, 0.2) is 5.79 Å². The van der Waals surface area contributed by atoms with Gasteiger partial charge < -0.3 is 9.47 Å². The van der Waals surface area contributed by atoms with Crippen molar-refractivity contribution < 1.29 is 18.5 Å². The van der Waals surface area contributed by atoms with E-state index in [1.807, 2.05) is 45.0 Å². The first kappa shape index (κ1) is 17.3. The van der Waals surface area contributed by atoms with E-state index in [4.69, 9.17) is 9.47 Å². The van der Waals surface area contributed by atoms with Crippen molar-refractivity contribution in [1.29, 1.82) is 0 Å². The zero-order valence-electron chi connectivity index (χ0n) is 13.6. The van der Waals surface area contributed by atoms with Crippen LogP contribution in [0.5, 0.6) is 0 Å². The summed E-state index contributed by atoms with van der Waals surface area (Å²) < 4.78 is 24.1. The number of benzene rings is 1. The summed E-state index contributed by atoms with van der Waals surface area (Å²) >= 11 is 0. The number of Topliss-reactive ketones (excluding diaryl/α,β-unsaturated/α-hetero) is 1. The van der Waals surface area contributed by atoms with Crippen molar-refractivity contribution in [3.63, 3.8) is 0 Å². The SMILES string of the molecule is CC(=O)C[C@H]1C[C@H](CS(=O)c2ccc(C)cc2)OC(C)(C)O1. The molecule has 1 aromatic rings. The Bertz CT molecular complexity index is 550. The molecule has 1 heterocycles. The smallest absolute Gasteiger partial charge is 0.163 e. The fourth-order valence-corrected chi connectivity index (χ4v) is 3.90. The molecule has 1 aromatic carbocycles. The number of ketones is 1. The molecule has 0 spiro atoms. The minimum atomic E-state index is -1.12. The molecule has 0 radical (unpaired) electrons. The molecule has 0 aromatic heterocycles. The summed E-state index contributed by atoms with van der Waals surface area (Å²) in [5.41, 5.74) is 1.14. The maximum absolute atomic E-state index is 12.5. The predicted molar refractivity (Wildman–Crippen MR) is 86.2 cm³/mol. The van der Waals surface area contributed by atoms with Crippen LogP contribution in [0.4, 0.5) is 0 Å². The van der Waals surface area contributed by atoms with E-state index >= 15 is 0 Å². The summed E-state index contributed by atoms with van der Waals surface area (Å²) in [6.45, 7) is 7.23. The molecule has 2 rings (SSSR count). The van der Waals surface area contributed by atoms with Crippen LogP contribution in [-0.4, -0.2) is 33.7 Å². The minimum absolute atomic E-state index is 0.0982. The summed E-state index contributed by atoms with van der Waals surface area (Å²) in [7, 11) is -1.12. The Hall–Kier alpha value is -1.04. The Morgan fingerprint density at radius 2 is 1.82 bits per heavy atom. The summed E-state index contributed by atoms with van der Waals surface area (Å²) in [6.07, 6.45) is 0.637. The number of carbonyl (C=O) groups excluding carboxylic acids is 1. The lowest BCUT2D eigenvalue weighted by Gasteiger charge is -2.40. The van der Waals surface area contributed by atoms with Crippen LogP contribution in [0.2, 0.25) is 0 Å². The molecule has 0 N–H and O–H groups in total.